The van der Waals surface area contributed by atoms with Gasteiger partial charge in [0.15, 0.2) is 11.5 Å². The summed E-state index contributed by atoms with van der Waals surface area (Å²) < 4.78 is 10.5. The second kappa shape index (κ2) is 8.28. The molecule has 0 aliphatic heterocycles. The van der Waals surface area contributed by atoms with Crippen LogP contribution in [0.3, 0.4) is 0 Å². The van der Waals surface area contributed by atoms with Crippen molar-refractivity contribution in [1.29, 1.82) is 0 Å². The van der Waals surface area contributed by atoms with E-state index >= 15 is 0 Å². The Morgan fingerprint density at radius 3 is 2.42 bits per heavy atom. The fraction of sp³-hybridized carbons (Fsp3) is 0.600. The fourth-order valence-corrected chi connectivity index (χ4v) is 2.42. The largest absolute Gasteiger partial charge is 0.493 e. The van der Waals surface area contributed by atoms with Crippen molar-refractivity contribution < 1.29 is 9.47 Å². The SMILES string of the molecule is COc1ccc(CNCC(Cl)CC(C)C)cc1OC. The first-order chi connectivity index (χ1) is 9.06. The molecule has 19 heavy (non-hydrogen) atoms. The van der Waals surface area contributed by atoms with Gasteiger partial charge in [-0.1, -0.05) is 19.9 Å². The average molecular weight is 286 g/mol. The van der Waals surface area contributed by atoms with E-state index in [2.05, 4.69) is 19.2 Å². The van der Waals surface area contributed by atoms with Gasteiger partial charge in [0, 0.05) is 18.5 Å². The smallest absolute Gasteiger partial charge is 0.161 e. The lowest BCUT2D eigenvalue weighted by Gasteiger charge is -2.14. The van der Waals surface area contributed by atoms with Crippen LogP contribution in [0.1, 0.15) is 25.8 Å². The summed E-state index contributed by atoms with van der Waals surface area (Å²) in [6.07, 6.45) is 1.03. The third-order valence-electron chi connectivity index (χ3n) is 2.87. The molecule has 0 aromatic heterocycles. The van der Waals surface area contributed by atoms with Gasteiger partial charge in [-0.2, -0.15) is 0 Å². The Kier molecular flexibility index (Phi) is 7.03. The van der Waals surface area contributed by atoms with Gasteiger partial charge in [0.05, 0.1) is 14.2 Å². The summed E-state index contributed by atoms with van der Waals surface area (Å²) in [6, 6.07) is 5.93. The standard InChI is InChI=1S/C15H24ClNO2/c1-11(2)7-13(16)10-17-9-12-5-6-14(18-3)15(8-12)19-4/h5-6,8,11,13,17H,7,9-10H2,1-4H3. The average Bonchev–Trinajstić information content (AvgIpc) is 2.37. The minimum absolute atomic E-state index is 0.181. The molecule has 0 amide bonds. The molecule has 0 saturated carbocycles. The quantitative estimate of drug-likeness (QED) is 0.742. The van der Waals surface area contributed by atoms with Crippen LogP contribution in [0.15, 0.2) is 18.2 Å². The topological polar surface area (TPSA) is 30.5 Å². The maximum Gasteiger partial charge on any atom is 0.161 e. The summed E-state index contributed by atoms with van der Waals surface area (Å²) in [5.41, 5.74) is 1.16. The van der Waals surface area contributed by atoms with Crippen LogP contribution in [0.4, 0.5) is 0 Å². The third kappa shape index (κ3) is 5.70. The Balaban J connectivity index is 2.45. The normalized spacial score (nSPS) is 12.5. The van der Waals surface area contributed by atoms with Crippen molar-refractivity contribution in [3.63, 3.8) is 0 Å². The summed E-state index contributed by atoms with van der Waals surface area (Å²) in [6.45, 7) is 5.96. The Bertz CT molecular complexity index is 382. The highest BCUT2D eigenvalue weighted by atomic mass is 35.5. The van der Waals surface area contributed by atoms with Crippen molar-refractivity contribution in [3.05, 3.63) is 23.8 Å². The Morgan fingerprint density at radius 2 is 1.84 bits per heavy atom. The molecule has 1 N–H and O–H groups in total. The molecule has 0 heterocycles. The summed E-state index contributed by atoms with van der Waals surface area (Å²) in [5.74, 6) is 2.14. The predicted octanol–water partition coefficient (Wildman–Crippen LogP) is 3.45. The molecule has 1 aromatic rings. The molecular formula is C15H24ClNO2. The van der Waals surface area contributed by atoms with Crippen LogP contribution in [0.2, 0.25) is 0 Å². The van der Waals surface area contributed by atoms with E-state index in [0.29, 0.717) is 5.92 Å². The number of hydrogen-bond donors (Lipinski definition) is 1. The van der Waals surface area contributed by atoms with E-state index in [1.54, 1.807) is 14.2 Å². The molecule has 0 bridgehead atoms. The van der Waals surface area contributed by atoms with E-state index < -0.39 is 0 Å². The van der Waals surface area contributed by atoms with Crippen molar-refractivity contribution in [3.8, 4) is 11.5 Å². The maximum atomic E-state index is 6.24. The number of alkyl halides is 1. The Hall–Kier alpha value is -0.930. The first kappa shape index (κ1) is 16.1. The first-order valence-electron chi connectivity index (χ1n) is 6.62. The van der Waals surface area contributed by atoms with Crippen LogP contribution in [0, 0.1) is 5.92 Å². The molecule has 0 radical (unpaired) electrons. The molecule has 1 unspecified atom stereocenters. The number of halogens is 1. The molecule has 4 heteroatoms. The third-order valence-corrected chi connectivity index (χ3v) is 3.20. The van der Waals surface area contributed by atoms with Gasteiger partial charge in [-0.25, -0.2) is 0 Å². The molecule has 0 fully saturated rings. The highest BCUT2D eigenvalue weighted by Gasteiger charge is 2.08. The maximum absolute atomic E-state index is 6.24. The van der Waals surface area contributed by atoms with E-state index in [9.17, 15) is 0 Å². The summed E-state index contributed by atoms with van der Waals surface area (Å²) >= 11 is 6.24. The Labute approximate surface area is 121 Å². The molecular weight excluding hydrogens is 262 g/mol. The van der Waals surface area contributed by atoms with E-state index in [0.717, 1.165) is 36.6 Å². The lowest BCUT2D eigenvalue weighted by molar-refractivity contribution is 0.354. The molecule has 1 atom stereocenters. The van der Waals surface area contributed by atoms with Crippen molar-refractivity contribution in [1.82, 2.24) is 5.32 Å². The molecule has 0 aliphatic rings. The monoisotopic (exact) mass is 285 g/mol. The fourth-order valence-electron chi connectivity index (χ4n) is 1.96. The van der Waals surface area contributed by atoms with Crippen molar-refractivity contribution in [2.24, 2.45) is 5.92 Å². The number of hydrogen-bond acceptors (Lipinski definition) is 3. The van der Waals surface area contributed by atoms with Gasteiger partial charge in [0.2, 0.25) is 0 Å². The van der Waals surface area contributed by atoms with Gasteiger partial charge < -0.3 is 14.8 Å². The number of rotatable bonds is 8. The van der Waals surface area contributed by atoms with Gasteiger partial charge in [-0.15, -0.1) is 11.6 Å². The zero-order valence-corrected chi connectivity index (χ0v) is 13.0. The summed E-state index contributed by atoms with van der Waals surface area (Å²) in [7, 11) is 3.28. The molecule has 0 spiro atoms. The van der Waals surface area contributed by atoms with E-state index in [1.807, 2.05) is 18.2 Å². The van der Waals surface area contributed by atoms with E-state index in [1.165, 1.54) is 0 Å². The van der Waals surface area contributed by atoms with Crippen LogP contribution in [-0.2, 0) is 6.54 Å². The molecule has 0 aliphatic carbocycles. The van der Waals surface area contributed by atoms with Gasteiger partial charge >= 0.3 is 0 Å². The van der Waals surface area contributed by atoms with Crippen molar-refractivity contribution in [2.75, 3.05) is 20.8 Å². The molecule has 1 aromatic carbocycles. The first-order valence-corrected chi connectivity index (χ1v) is 7.06. The van der Waals surface area contributed by atoms with Crippen molar-refractivity contribution in [2.45, 2.75) is 32.2 Å². The zero-order valence-electron chi connectivity index (χ0n) is 12.2. The van der Waals surface area contributed by atoms with Gasteiger partial charge in [-0.05, 0) is 30.0 Å². The van der Waals surface area contributed by atoms with Gasteiger partial charge in [0.25, 0.3) is 0 Å². The molecule has 108 valence electrons. The van der Waals surface area contributed by atoms with Crippen LogP contribution < -0.4 is 14.8 Å². The highest BCUT2D eigenvalue weighted by molar-refractivity contribution is 6.20. The lowest BCUT2D eigenvalue weighted by atomic mass is 10.1. The van der Waals surface area contributed by atoms with Crippen LogP contribution in [-0.4, -0.2) is 26.1 Å². The predicted molar refractivity (Wildman–Crippen MR) is 80.3 cm³/mol. The highest BCUT2D eigenvalue weighted by Crippen LogP contribution is 2.27. The number of methoxy groups -OCH3 is 2. The number of benzene rings is 1. The number of nitrogens with one attached hydrogen (secondary N) is 1. The molecule has 1 rings (SSSR count). The second-order valence-electron chi connectivity index (χ2n) is 5.05. The number of ether oxygens (including phenoxy) is 2. The van der Waals surface area contributed by atoms with Crippen molar-refractivity contribution >= 4 is 11.6 Å². The lowest BCUT2D eigenvalue weighted by Crippen LogP contribution is -2.23. The zero-order chi connectivity index (χ0) is 14.3. The second-order valence-corrected chi connectivity index (χ2v) is 5.66. The summed E-state index contributed by atoms with van der Waals surface area (Å²) in [5, 5.41) is 3.55. The van der Waals surface area contributed by atoms with Gasteiger partial charge in [0.1, 0.15) is 0 Å². The summed E-state index contributed by atoms with van der Waals surface area (Å²) in [4.78, 5) is 0. The van der Waals surface area contributed by atoms with Crippen LogP contribution >= 0.6 is 11.6 Å². The molecule has 3 nitrogen and oxygen atoms in total. The van der Waals surface area contributed by atoms with E-state index in [4.69, 9.17) is 21.1 Å². The Morgan fingerprint density at radius 1 is 1.16 bits per heavy atom. The molecule has 0 saturated heterocycles. The van der Waals surface area contributed by atoms with Crippen LogP contribution in [0.5, 0.6) is 11.5 Å². The minimum Gasteiger partial charge on any atom is -0.493 e. The van der Waals surface area contributed by atoms with Crippen LogP contribution in [0.25, 0.3) is 0 Å². The van der Waals surface area contributed by atoms with E-state index in [-0.39, 0.29) is 5.38 Å². The minimum atomic E-state index is 0.181. The van der Waals surface area contributed by atoms with Gasteiger partial charge in [-0.3, -0.25) is 0 Å².